The van der Waals surface area contributed by atoms with Crippen molar-refractivity contribution in [1.29, 1.82) is 0 Å². The summed E-state index contributed by atoms with van der Waals surface area (Å²) < 4.78 is 0. The molecule has 1 fully saturated rings. The van der Waals surface area contributed by atoms with Gasteiger partial charge in [0.15, 0.2) is 0 Å². The summed E-state index contributed by atoms with van der Waals surface area (Å²) in [5.74, 6) is 0.899. The van der Waals surface area contributed by atoms with Crippen LogP contribution >= 0.6 is 0 Å². The second-order valence-corrected chi connectivity index (χ2v) is 6.03. The number of nitrogens with one attached hydrogen (secondary N) is 2. The highest BCUT2D eigenvalue weighted by atomic mass is 16.1. The number of carbonyl (C=O) groups is 1. The monoisotopic (exact) mass is 289 g/mol. The molecule has 1 heterocycles. The Kier molecular flexibility index (Phi) is 6.21. The number of hydrogen-bond acceptors (Lipinski definition) is 3. The molecule has 1 saturated heterocycles. The highest BCUT2D eigenvalue weighted by Crippen LogP contribution is 2.19. The smallest absolute Gasteiger partial charge is 0.234 e. The number of rotatable bonds is 6. The van der Waals surface area contributed by atoms with E-state index in [1.165, 1.54) is 37.1 Å². The van der Waals surface area contributed by atoms with Crippen LogP contribution < -0.4 is 10.6 Å². The first kappa shape index (κ1) is 16.0. The first-order chi connectivity index (χ1) is 10.2. The van der Waals surface area contributed by atoms with E-state index in [2.05, 4.69) is 40.7 Å². The summed E-state index contributed by atoms with van der Waals surface area (Å²) in [6.07, 6.45) is 2.59. The lowest BCUT2D eigenvalue weighted by Gasteiger charge is -2.30. The zero-order valence-electron chi connectivity index (χ0n) is 13.2. The van der Waals surface area contributed by atoms with E-state index in [0.29, 0.717) is 13.1 Å². The fraction of sp³-hybridized carbons (Fsp3) is 0.588. The molecule has 0 spiro atoms. The lowest BCUT2D eigenvalue weighted by molar-refractivity contribution is -0.120. The number of carbonyl (C=O) groups excluding carboxylic acids is 1. The molecule has 4 nitrogen and oxygen atoms in total. The van der Waals surface area contributed by atoms with Crippen LogP contribution in [0.1, 0.15) is 30.9 Å². The minimum Gasteiger partial charge on any atom is -0.351 e. The van der Waals surface area contributed by atoms with Gasteiger partial charge in [0.05, 0.1) is 6.54 Å². The van der Waals surface area contributed by atoms with Crippen molar-refractivity contribution in [1.82, 2.24) is 15.5 Å². The van der Waals surface area contributed by atoms with Gasteiger partial charge in [0, 0.05) is 13.1 Å². The molecule has 0 atom stereocenters. The van der Waals surface area contributed by atoms with Crippen LogP contribution in [0.25, 0.3) is 0 Å². The number of likely N-dealkylation sites (N-methyl/N-ethyl adjacent to an activating group) is 1. The van der Waals surface area contributed by atoms with Crippen molar-refractivity contribution in [3.8, 4) is 0 Å². The third-order valence-corrected chi connectivity index (χ3v) is 4.20. The summed E-state index contributed by atoms with van der Waals surface area (Å²) in [7, 11) is 1.78. The van der Waals surface area contributed by atoms with Gasteiger partial charge in [0.2, 0.25) is 5.91 Å². The van der Waals surface area contributed by atoms with Crippen LogP contribution in [0.2, 0.25) is 0 Å². The number of likely N-dealkylation sites (tertiary alicyclic amines) is 1. The van der Waals surface area contributed by atoms with E-state index < -0.39 is 0 Å². The first-order valence-corrected chi connectivity index (χ1v) is 7.89. The minimum absolute atomic E-state index is 0.0408. The zero-order chi connectivity index (χ0) is 15.1. The van der Waals surface area contributed by atoms with Crippen molar-refractivity contribution in [3.63, 3.8) is 0 Å². The molecule has 1 aliphatic heterocycles. The van der Waals surface area contributed by atoms with Gasteiger partial charge in [-0.1, -0.05) is 31.2 Å². The molecular formula is C17H27N3O. The SMILES string of the molecule is CNCC(=O)NCc1ccccc1CN1CCC(C)CC1. The van der Waals surface area contributed by atoms with Gasteiger partial charge in [0.25, 0.3) is 0 Å². The molecule has 0 bridgehead atoms. The summed E-state index contributed by atoms with van der Waals surface area (Å²) in [5, 5.41) is 5.83. The van der Waals surface area contributed by atoms with Crippen LogP contribution in [-0.4, -0.2) is 37.5 Å². The molecule has 1 aromatic rings. The van der Waals surface area contributed by atoms with Crippen LogP contribution in [0.3, 0.4) is 0 Å². The van der Waals surface area contributed by atoms with Gasteiger partial charge in [-0.15, -0.1) is 0 Å². The summed E-state index contributed by atoms with van der Waals surface area (Å²) in [6.45, 7) is 6.67. The van der Waals surface area contributed by atoms with E-state index in [1.54, 1.807) is 7.05 Å². The molecule has 4 heteroatoms. The maximum Gasteiger partial charge on any atom is 0.234 e. The van der Waals surface area contributed by atoms with Crippen molar-refractivity contribution < 1.29 is 4.79 Å². The molecule has 116 valence electrons. The highest BCUT2D eigenvalue weighted by Gasteiger charge is 2.16. The predicted octanol–water partition coefficient (Wildman–Crippen LogP) is 1.75. The Labute approximate surface area is 127 Å². The molecule has 21 heavy (non-hydrogen) atoms. The summed E-state index contributed by atoms with van der Waals surface area (Å²) in [6, 6.07) is 8.42. The van der Waals surface area contributed by atoms with Crippen LogP contribution in [0, 0.1) is 5.92 Å². The van der Waals surface area contributed by atoms with E-state index in [9.17, 15) is 4.79 Å². The third-order valence-electron chi connectivity index (χ3n) is 4.20. The maximum absolute atomic E-state index is 11.6. The lowest BCUT2D eigenvalue weighted by atomic mass is 9.98. The zero-order valence-corrected chi connectivity index (χ0v) is 13.2. The van der Waals surface area contributed by atoms with Gasteiger partial charge in [-0.05, 0) is 50.0 Å². The number of benzene rings is 1. The molecule has 0 unspecified atom stereocenters. The number of hydrogen-bond donors (Lipinski definition) is 2. The summed E-state index contributed by atoms with van der Waals surface area (Å²) in [5.41, 5.74) is 2.55. The van der Waals surface area contributed by atoms with Crippen LogP contribution in [-0.2, 0) is 17.9 Å². The Morgan fingerprint density at radius 3 is 2.57 bits per heavy atom. The van der Waals surface area contributed by atoms with Crippen LogP contribution in [0.15, 0.2) is 24.3 Å². The Hall–Kier alpha value is -1.39. The maximum atomic E-state index is 11.6. The predicted molar refractivity (Wildman–Crippen MR) is 85.9 cm³/mol. The third kappa shape index (κ3) is 5.14. The fourth-order valence-corrected chi connectivity index (χ4v) is 2.76. The van der Waals surface area contributed by atoms with Crippen molar-refractivity contribution >= 4 is 5.91 Å². The van der Waals surface area contributed by atoms with Gasteiger partial charge in [0.1, 0.15) is 0 Å². The first-order valence-electron chi connectivity index (χ1n) is 7.89. The van der Waals surface area contributed by atoms with E-state index >= 15 is 0 Å². The Morgan fingerprint density at radius 1 is 1.24 bits per heavy atom. The normalized spacial score (nSPS) is 16.9. The van der Waals surface area contributed by atoms with E-state index in [-0.39, 0.29) is 5.91 Å². The second-order valence-electron chi connectivity index (χ2n) is 6.03. The standard InChI is InChI=1S/C17H27N3O/c1-14-7-9-20(10-8-14)13-16-6-4-3-5-15(16)11-19-17(21)12-18-2/h3-6,14,18H,7-13H2,1-2H3,(H,19,21). The minimum atomic E-state index is 0.0408. The highest BCUT2D eigenvalue weighted by molar-refractivity contribution is 5.77. The van der Waals surface area contributed by atoms with E-state index in [4.69, 9.17) is 0 Å². The van der Waals surface area contributed by atoms with E-state index in [0.717, 1.165) is 12.5 Å². The molecule has 0 saturated carbocycles. The average molecular weight is 289 g/mol. The van der Waals surface area contributed by atoms with Gasteiger partial charge in [-0.2, -0.15) is 0 Å². The molecule has 1 aromatic carbocycles. The molecule has 0 radical (unpaired) electrons. The van der Waals surface area contributed by atoms with Crippen molar-refractivity contribution in [2.45, 2.75) is 32.9 Å². The van der Waals surface area contributed by atoms with Crippen molar-refractivity contribution in [2.24, 2.45) is 5.92 Å². The molecule has 1 aliphatic rings. The molecule has 0 aromatic heterocycles. The average Bonchev–Trinajstić information content (AvgIpc) is 2.49. The Morgan fingerprint density at radius 2 is 1.90 bits per heavy atom. The quantitative estimate of drug-likeness (QED) is 0.838. The molecule has 1 amide bonds. The molecule has 0 aliphatic carbocycles. The van der Waals surface area contributed by atoms with Gasteiger partial charge in [-0.3, -0.25) is 9.69 Å². The van der Waals surface area contributed by atoms with Crippen molar-refractivity contribution in [2.75, 3.05) is 26.7 Å². The lowest BCUT2D eigenvalue weighted by Crippen LogP contribution is -2.34. The summed E-state index contributed by atoms with van der Waals surface area (Å²) in [4.78, 5) is 14.1. The van der Waals surface area contributed by atoms with Gasteiger partial charge < -0.3 is 10.6 Å². The van der Waals surface area contributed by atoms with Crippen molar-refractivity contribution in [3.05, 3.63) is 35.4 Å². The largest absolute Gasteiger partial charge is 0.351 e. The van der Waals surface area contributed by atoms with Gasteiger partial charge >= 0.3 is 0 Å². The molecule has 2 N–H and O–H groups in total. The van der Waals surface area contributed by atoms with Crippen LogP contribution in [0.5, 0.6) is 0 Å². The molecular weight excluding hydrogens is 262 g/mol. The Bertz CT molecular complexity index is 453. The van der Waals surface area contributed by atoms with Crippen LogP contribution in [0.4, 0.5) is 0 Å². The summed E-state index contributed by atoms with van der Waals surface area (Å²) >= 11 is 0. The Balaban J connectivity index is 1.92. The number of piperidine rings is 1. The van der Waals surface area contributed by atoms with Gasteiger partial charge in [-0.25, -0.2) is 0 Å². The fourth-order valence-electron chi connectivity index (χ4n) is 2.76. The second kappa shape index (κ2) is 8.15. The van der Waals surface area contributed by atoms with E-state index in [1.807, 2.05) is 6.07 Å². The topological polar surface area (TPSA) is 44.4 Å². The number of amides is 1. The number of nitrogens with zero attached hydrogens (tertiary/aromatic N) is 1. The molecule has 2 rings (SSSR count).